The van der Waals surface area contributed by atoms with E-state index in [2.05, 4.69) is 10.6 Å². The largest absolute Gasteiger partial charge is 0.467 e. The van der Waals surface area contributed by atoms with Crippen molar-refractivity contribution in [2.75, 3.05) is 12.3 Å². The van der Waals surface area contributed by atoms with Gasteiger partial charge in [0.25, 0.3) is 0 Å². The van der Waals surface area contributed by atoms with E-state index in [-0.39, 0.29) is 37.1 Å². The average molecular weight is 336 g/mol. The molecule has 2 rings (SSSR count). The minimum atomic E-state index is -0.296. The van der Waals surface area contributed by atoms with Crippen molar-refractivity contribution in [1.29, 1.82) is 0 Å². The molecule has 122 valence electrons. The second kappa shape index (κ2) is 8.99. The molecule has 0 radical (unpaired) electrons. The van der Waals surface area contributed by atoms with Crippen molar-refractivity contribution < 1.29 is 18.4 Å². The lowest BCUT2D eigenvalue weighted by atomic mass is 10.3. The first kappa shape index (κ1) is 17.1. The molecule has 0 fully saturated rings. The highest BCUT2D eigenvalue weighted by Gasteiger charge is 2.07. The van der Waals surface area contributed by atoms with Crippen LogP contribution in [0.15, 0.2) is 52.0 Å². The molecular formula is C16H17FN2O3S. The summed E-state index contributed by atoms with van der Waals surface area (Å²) >= 11 is 1.27. The molecule has 0 aliphatic carbocycles. The lowest BCUT2D eigenvalue weighted by Crippen LogP contribution is -2.36. The molecule has 0 aliphatic heterocycles. The highest BCUT2D eigenvalue weighted by Crippen LogP contribution is 2.21. The van der Waals surface area contributed by atoms with Gasteiger partial charge in [-0.3, -0.25) is 9.59 Å². The van der Waals surface area contributed by atoms with Gasteiger partial charge in [-0.25, -0.2) is 4.39 Å². The highest BCUT2D eigenvalue weighted by molar-refractivity contribution is 7.99. The van der Waals surface area contributed by atoms with E-state index >= 15 is 0 Å². The average Bonchev–Trinajstić information content (AvgIpc) is 3.06. The molecule has 7 heteroatoms. The van der Waals surface area contributed by atoms with Crippen molar-refractivity contribution >= 4 is 23.6 Å². The van der Waals surface area contributed by atoms with Crippen LogP contribution in [0, 0.1) is 5.82 Å². The molecule has 23 heavy (non-hydrogen) atoms. The fourth-order valence-corrected chi connectivity index (χ4v) is 2.63. The lowest BCUT2D eigenvalue weighted by molar-refractivity contribution is -0.126. The number of rotatable bonds is 8. The standard InChI is InChI=1S/C16H17FN2O3S/c17-13-5-1-2-6-14(13)23-9-7-15(20)19-11-16(21)18-10-12-4-3-8-22-12/h1-6,8H,7,9-11H2,(H,18,21)(H,19,20). The summed E-state index contributed by atoms with van der Waals surface area (Å²) < 4.78 is 18.5. The topological polar surface area (TPSA) is 71.3 Å². The summed E-state index contributed by atoms with van der Waals surface area (Å²) in [5.74, 6) is 0.250. The van der Waals surface area contributed by atoms with Crippen LogP contribution in [0.4, 0.5) is 4.39 Å². The van der Waals surface area contributed by atoms with Gasteiger partial charge in [0, 0.05) is 17.1 Å². The summed E-state index contributed by atoms with van der Waals surface area (Å²) in [7, 11) is 0. The number of halogens is 1. The maximum absolute atomic E-state index is 13.4. The molecule has 0 aliphatic rings. The first-order chi connectivity index (χ1) is 11.1. The fraction of sp³-hybridized carbons (Fsp3) is 0.250. The van der Waals surface area contributed by atoms with Crippen LogP contribution in [0.5, 0.6) is 0 Å². The molecule has 0 saturated carbocycles. The van der Waals surface area contributed by atoms with E-state index in [9.17, 15) is 14.0 Å². The molecule has 1 aromatic carbocycles. The van der Waals surface area contributed by atoms with Crippen LogP contribution in [-0.2, 0) is 16.1 Å². The molecule has 0 saturated heterocycles. The molecule has 2 amide bonds. The highest BCUT2D eigenvalue weighted by atomic mass is 32.2. The third kappa shape index (κ3) is 6.15. The number of furan rings is 1. The second-order valence-electron chi connectivity index (χ2n) is 4.66. The number of benzene rings is 1. The van der Waals surface area contributed by atoms with Crippen molar-refractivity contribution in [3.8, 4) is 0 Å². The molecule has 1 aromatic heterocycles. The molecule has 0 spiro atoms. The minimum absolute atomic E-state index is 0.0933. The van der Waals surface area contributed by atoms with E-state index in [1.165, 1.54) is 24.1 Å². The number of thioether (sulfide) groups is 1. The Labute approximate surface area is 137 Å². The molecule has 0 atom stereocenters. The van der Waals surface area contributed by atoms with Gasteiger partial charge in [-0.1, -0.05) is 12.1 Å². The monoisotopic (exact) mass is 336 g/mol. The molecule has 2 N–H and O–H groups in total. The predicted molar refractivity (Wildman–Crippen MR) is 85.3 cm³/mol. The third-order valence-electron chi connectivity index (χ3n) is 2.91. The Balaban J connectivity index is 1.59. The summed E-state index contributed by atoms with van der Waals surface area (Å²) in [4.78, 5) is 23.7. The van der Waals surface area contributed by atoms with E-state index in [4.69, 9.17) is 4.42 Å². The summed E-state index contributed by atoms with van der Waals surface area (Å²) in [5.41, 5.74) is 0. The smallest absolute Gasteiger partial charge is 0.239 e. The SMILES string of the molecule is O=C(CCSc1ccccc1F)NCC(=O)NCc1ccco1. The van der Waals surface area contributed by atoms with Crippen LogP contribution in [-0.4, -0.2) is 24.1 Å². The van der Waals surface area contributed by atoms with Crippen LogP contribution in [0.3, 0.4) is 0 Å². The van der Waals surface area contributed by atoms with E-state index in [0.29, 0.717) is 16.4 Å². The van der Waals surface area contributed by atoms with Crippen molar-refractivity contribution in [3.05, 3.63) is 54.2 Å². The van der Waals surface area contributed by atoms with Crippen molar-refractivity contribution in [1.82, 2.24) is 10.6 Å². The zero-order valence-electron chi connectivity index (χ0n) is 12.4. The summed E-state index contributed by atoms with van der Waals surface area (Å²) in [6.45, 7) is 0.189. The molecule has 0 unspecified atom stereocenters. The second-order valence-corrected chi connectivity index (χ2v) is 5.80. The Hall–Kier alpha value is -2.28. The van der Waals surface area contributed by atoms with E-state index < -0.39 is 0 Å². The normalized spacial score (nSPS) is 10.3. The Bertz CT molecular complexity index is 647. The summed E-state index contributed by atoms with van der Waals surface area (Å²) in [6, 6.07) is 9.89. The van der Waals surface area contributed by atoms with E-state index in [0.717, 1.165) is 0 Å². The molecule has 0 bridgehead atoms. The number of carbonyl (C=O) groups is 2. The van der Waals surface area contributed by atoms with Crippen LogP contribution >= 0.6 is 11.8 Å². The summed E-state index contributed by atoms with van der Waals surface area (Å²) in [6.07, 6.45) is 1.74. The quantitative estimate of drug-likeness (QED) is 0.726. The third-order valence-corrected chi connectivity index (χ3v) is 3.96. The number of carbonyl (C=O) groups excluding carboxylic acids is 2. The van der Waals surface area contributed by atoms with Gasteiger partial charge in [0.2, 0.25) is 11.8 Å². The summed E-state index contributed by atoms with van der Waals surface area (Å²) in [5, 5.41) is 5.15. The number of hydrogen-bond donors (Lipinski definition) is 2. The molecule has 1 heterocycles. The maximum Gasteiger partial charge on any atom is 0.239 e. The Morgan fingerprint density at radius 2 is 1.91 bits per heavy atom. The van der Waals surface area contributed by atoms with Crippen molar-refractivity contribution in [2.24, 2.45) is 0 Å². The van der Waals surface area contributed by atoms with Crippen LogP contribution in [0.1, 0.15) is 12.2 Å². The Kier molecular flexibility index (Phi) is 6.68. The predicted octanol–water partition coefficient (Wildman–Crippen LogP) is 2.33. The number of hydrogen-bond acceptors (Lipinski definition) is 4. The fourth-order valence-electron chi connectivity index (χ4n) is 1.74. The van der Waals surface area contributed by atoms with Gasteiger partial charge < -0.3 is 15.1 Å². The van der Waals surface area contributed by atoms with Gasteiger partial charge in [-0.05, 0) is 24.3 Å². The van der Waals surface area contributed by atoms with Gasteiger partial charge in [0.15, 0.2) is 0 Å². The minimum Gasteiger partial charge on any atom is -0.467 e. The molecular weight excluding hydrogens is 319 g/mol. The molecule has 5 nitrogen and oxygen atoms in total. The molecule has 2 aromatic rings. The first-order valence-corrected chi connectivity index (χ1v) is 8.07. The maximum atomic E-state index is 13.4. The zero-order chi connectivity index (χ0) is 16.5. The number of amides is 2. The van der Waals surface area contributed by atoms with Gasteiger partial charge in [-0.2, -0.15) is 0 Å². The van der Waals surface area contributed by atoms with Gasteiger partial charge >= 0.3 is 0 Å². The zero-order valence-corrected chi connectivity index (χ0v) is 13.2. The van der Waals surface area contributed by atoms with E-state index in [1.54, 1.807) is 30.3 Å². The van der Waals surface area contributed by atoms with E-state index in [1.807, 2.05) is 0 Å². The van der Waals surface area contributed by atoms with Crippen molar-refractivity contribution in [3.63, 3.8) is 0 Å². The Morgan fingerprint density at radius 3 is 2.65 bits per heavy atom. The van der Waals surface area contributed by atoms with Crippen LogP contribution < -0.4 is 10.6 Å². The van der Waals surface area contributed by atoms with Gasteiger partial charge in [0.05, 0.1) is 19.4 Å². The van der Waals surface area contributed by atoms with Crippen molar-refractivity contribution in [2.45, 2.75) is 17.9 Å². The number of nitrogens with one attached hydrogen (secondary N) is 2. The van der Waals surface area contributed by atoms with Gasteiger partial charge in [0.1, 0.15) is 11.6 Å². The first-order valence-electron chi connectivity index (χ1n) is 7.08. The van der Waals surface area contributed by atoms with Crippen LogP contribution in [0.25, 0.3) is 0 Å². The lowest BCUT2D eigenvalue weighted by Gasteiger charge is -2.06. The van der Waals surface area contributed by atoms with Crippen LogP contribution in [0.2, 0.25) is 0 Å². The Morgan fingerprint density at radius 1 is 1.09 bits per heavy atom. The van der Waals surface area contributed by atoms with Gasteiger partial charge in [-0.15, -0.1) is 11.8 Å².